The van der Waals surface area contributed by atoms with Gasteiger partial charge >= 0.3 is 17.9 Å². The maximum Gasteiger partial charge on any atom is 0.354 e. The van der Waals surface area contributed by atoms with Gasteiger partial charge in [0.2, 0.25) is 0 Å². The number of hydrogen-bond donors (Lipinski definition) is 0. The zero-order chi connectivity index (χ0) is 13.8. The molecule has 1 aromatic carbocycles. The van der Waals surface area contributed by atoms with Gasteiger partial charge in [0, 0.05) is 0 Å². The zero-order valence-electron chi connectivity index (χ0n) is 10.3. The standard InChI is InChI=1S/C14H12O5/c1-2-10-11(14(17)19-12(10)15)13(16)18-8-9-6-4-3-5-7-9/h3-7H,2,8H2,1H3. The van der Waals surface area contributed by atoms with Gasteiger partial charge in [-0.3, -0.25) is 0 Å². The molecular formula is C14H12O5. The molecule has 0 atom stereocenters. The predicted molar refractivity (Wildman–Crippen MR) is 64.7 cm³/mol. The van der Waals surface area contributed by atoms with E-state index < -0.39 is 17.9 Å². The molecule has 0 radical (unpaired) electrons. The van der Waals surface area contributed by atoms with Crippen molar-refractivity contribution in [1.82, 2.24) is 0 Å². The lowest BCUT2D eigenvalue weighted by Crippen LogP contribution is -2.14. The molecule has 0 fully saturated rings. The summed E-state index contributed by atoms with van der Waals surface area (Å²) in [5, 5.41) is 0. The van der Waals surface area contributed by atoms with E-state index in [2.05, 4.69) is 4.74 Å². The molecule has 1 heterocycles. The summed E-state index contributed by atoms with van der Waals surface area (Å²) in [5.74, 6) is -2.52. The maximum absolute atomic E-state index is 11.8. The molecule has 0 amide bonds. The third kappa shape index (κ3) is 2.70. The number of carbonyl (C=O) groups is 3. The Morgan fingerprint density at radius 2 is 1.84 bits per heavy atom. The van der Waals surface area contributed by atoms with Crippen LogP contribution in [0, 0.1) is 0 Å². The summed E-state index contributed by atoms with van der Waals surface area (Å²) in [7, 11) is 0. The van der Waals surface area contributed by atoms with Crippen molar-refractivity contribution < 1.29 is 23.9 Å². The highest BCUT2D eigenvalue weighted by atomic mass is 16.6. The van der Waals surface area contributed by atoms with Gasteiger partial charge in [0.15, 0.2) is 5.57 Å². The lowest BCUT2D eigenvalue weighted by molar-refractivity contribution is -0.152. The minimum absolute atomic E-state index is 0.0433. The summed E-state index contributed by atoms with van der Waals surface area (Å²) in [5.41, 5.74) is 0.582. The fourth-order valence-corrected chi connectivity index (χ4v) is 1.75. The normalized spacial score (nSPS) is 14.6. The monoisotopic (exact) mass is 260 g/mol. The number of hydrogen-bond acceptors (Lipinski definition) is 5. The first-order valence-corrected chi connectivity index (χ1v) is 5.84. The quantitative estimate of drug-likeness (QED) is 0.466. The lowest BCUT2D eigenvalue weighted by atomic mass is 10.1. The minimum Gasteiger partial charge on any atom is -0.457 e. The molecule has 0 saturated carbocycles. The Morgan fingerprint density at radius 1 is 1.16 bits per heavy atom. The van der Waals surface area contributed by atoms with Crippen molar-refractivity contribution in [2.45, 2.75) is 20.0 Å². The summed E-state index contributed by atoms with van der Waals surface area (Å²) >= 11 is 0. The summed E-state index contributed by atoms with van der Waals surface area (Å²) in [6.45, 7) is 1.71. The molecule has 5 nitrogen and oxygen atoms in total. The predicted octanol–water partition coefficient (Wildman–Crippen LogP) is 1.52. The van der Waals surface area contributed by atoms with E-state index in [9.17, 15) is 14.4 Å². The molecule has 0 aromatic heterocycles. The largest absolute Gasteiger partial charge is 0.457 e. The van der Waals surface area contributed by atoms with Gasteiger partial charge in [0.25, 0.3) is 0 Å². The van der Waals surface area contributed by atoms with Crippen LogP contribution in [0.3, 0.4) is 0 Å². The van der Waals surface area contributed by atoms with Gasteiger partial charge in [-0.1, -0.05) is 37.3 Å². The SMILES string of the molecule is CCC1=C(C(=O)OCc2ccccc2)C(=O)OC1=O. The average Bonchev–Trinajstić information content (AvgIpc) is 2.71. The Labute approximate surface area is 109 Å². The lowest BCUT2D eigenvalue weighted by Gasteiger charge is -2.04. The van der Waals surface area contributed by atoms with Crippen LogP contribution in [-0.4, -0.2) is 17.9 Å². The van der Waals surface area contributed by atoms with Crippen LogP contribution in [0.25, 0.3) is 0 Å². The highest BCUT2D eigenvalue weighted by Crippen LogP contribution is 2.21. The maximum atomic E-state index is 11.8. The number of carbonyl (C=O) groups excluding carboxylic acids is 3. The van der Waals surface area contributed by atoms with Crippen LogP contribution in [0.2, 0.25) is 0 Å². The minimum atomic E-state index is -0.931. The first-order valence-electron chi connectivity index (χ1n) is 5.84. The summed E-state index contributed by atoms with van der Waals surface area (Å²) < 4.78 is 9.41. The topological polar surface area (TPSA) is 69.7 Å². The van der Waals surface area contributed by atoms with Gasteiger partial charge in [-0.2, -0.15) is 0 Å². The second-order valence-electron chi connectivity index (χ2n) is 3.95. The van der Waals surface area contributed by atoms with Crippen LogP contribution < -0.4 is 0 Å². The number of ether oxygens (including phenoxy) is 2. The Balaban J connectivity index is 2.10. The first kappa shape index (κ1) is 13.0. The molecule has 0 spiro atoms. The van der Waals surface area contributed by atoms with Crippen LogP contribution in [-0.2, 0) is 30.5 Å². The van der Waals surface area contributed by atoms with Crippen LogP contribution in [0.15, 0.2) is 41.5 Å². The Kier molecular flexibility index (Phi) is 3.75. The second kappa shape index (κ2) is 5.48. The van der Waals surface area contributed by atoms with Gasteiger partial charge in [0.05, 0.1) is 5.57 Å². The average molecular weight is 260 g/mol. The van der Waals surface area contributed by atoms with Crippen molar-refractivity contribution in [2.75, 3.05) is 0 Å². The summed E-state index contributed by atoms with van der Waals surface area (Å²) in [6.07, 6.45) is 0.250. The third-order valence-corrected chi connectivity index (χ3v) is 2.71. The highest BCUT2D eigenvalue weighted by Gasteiger charge is 2.37. The van der Waals surface area contributed by atoms with Gasteiger partial charge in [-0.25, -0.2) is 14.4 Å². The van der Waals surface area contributed by atoms with Crippen LogP contribution in [0.1, 0.15) is 18.9 Å². The summed E-state index contributed by atoms with van der Waals surface area (Å²) in [4.78, 5) is 34.5. The Morgan fingerprint density at radius 3 is 2.47 bits per heavy atom. The van der Waals surface area contributed by atoms with E-state index >= 15 is 0 Å². The molecular weight excluding hydrogens is 248 g/mol. The molecule has 98 valence electrons. The molecule has 5 heteroatoms. The second-order valence-corrected chi connectivity index (χ2v) is 3.95. The van der Waals surface area contributed by atoms with Crippen LogP contribution >= 0.6 is 0 Å². The van der Waals surface area contributed by atoms with Crippen molar-refractivity contribution in [3.63, 3.8) is 0 Å². The van der Waals surface area contributed by atoms with Crippen molar-refractivity contribution in [1.29, 1.82) is 0 Å². The van der Waals surface area contributed by atoms with E-state index in [1.807, 2.05) is 18.2 Å². The smallest absolute Gasteiger partial charge is 0.354 e. The van der Waals surface area contributed by atoms with Gasteiger partial charge in [-0.05, 0) is 12.0 Å². The molecule has 19 heavy (non-hydrogen) atoms. The number of esters is 3. The molecule has 1 aliphatic heterocycles. The van der Waals surface area contributed by atoms with E-state index in [-0.39, 0.29) is 24.2 Å². The summed E-state index contributed by atoms with van der Waals surface area (Å²) in [6, 6.07) is 9.05. The molecule has 1 aromatic rings. The van der Waals surface area contributed by atoms with Gasteiger partial charge in [-0.15, -0.1) is 0 Å². The molecule has 0 saturated heterocycles. The van der Waals surface area contributed by atoms with Crippen LogP contribution in [0.5, 0.6) is 0 Å². The first-order chi connectivity index (χ1) is 9.13. The van der Waals surface area contributed by atoms with Crippen molar-refractivity contribution in [2.24, 2.45) is 0 Å². The van der Waals surface area contributed by atoms with Gasteiger partial charge < -0.3 is 9.47 Å². The van der Waals surface area contributed by atoms with Crippen LogP contribution in [0.4, 0.5) is 0 Å². The molecule has 0 bridgehead atoms. The fourth-order valence-electron chi connectivity index (χ4n) is 1.75. The fraction of sp³-hybridized carbons (Fsp3) is 0.214. The third-order valence-electron chi connectivity index (χ3n) is 2.71. The zero-order valence-corrected chi connectivity index (χ0v) is 10.3. The highest BCUT2D eigenvalue weighted by molar-refractivity contribution is 6.25. The molecule has 0 aliphatic carbocycles. The van der Waals surface area contributed by atoms with Crippen molar-refractivity contribution in [3.8, 4) is 0 Å². The van der Waals surface area contributed by atoms with E-state index in [0.29, 0.717) is 0 Å². The number of benzene rings is 1. The molecule has 2 rings (SSSR count). The number of cyclic esters (lactones) is 2. The Hall–Kier alpha value is -2.43. The van der Waals surface area contributed by atoms with Gasteiger partial charge in [0.1, 0.15) is 6.61 Å². The molecule has 0 unspecified atom stereocenters. The Bertz CT molecular complexity index is 556. The molecule has 0 N–H and O–H groups in total. The van der Waals surface area contributed by atoms with E-state index in [0.717, 1.165) is 5.56 Å². The van der Waals surface area contributed by atoms with E-state index in [1.54, 1.807) is 19.1 Å². The van der Waals surface area contributed by atoms with E-state index in [4.69, 9.17) is 4.74 Å². The molecule has 1 aliphatic rings. The van der Waals surface area contributed by atoms with E-state index in [1.165, 1.54) is 0 Å². The van der Waals surface area contributed by atoms with Crippen molar-refractivity contribution >= 4 is 17.9 Å². The number of rotatable bonds is 4. The van der Waals surface area contributed by atoms with Crippen molar-refractivity contribution in [3.05, 3.63) is 47.0 Å².